The minimum atomic E-state index is -3.75. The smallest absolute Gasteiger partial charge is 0.270 e. The van der Waals surface area contributed by atoms with Crippen LogP contribution in [0.3, 0.4) is 0 Å². The third-order valence-corrected chi connectivity index (χ3v) is 7.03. The molecule has 0 atom stereocenters. The summed E-state index contributed by atoms with van der Waals surface area (Å²) in [6.07, 6.45) is 0. The second-order valence-corrected chi connectivity index (χ2v) is 8.72. The van der Waals surface area contributed by atoms with Gasteiger partial charge in [-0.1, -0.05) is 30.3 Å². The van der Waals surface area contributed by atoms with Crippen LogP contribution < -0.4 is 0 Å². The molecule has 1 aliphatic heterocycles. The number of nitrogens with zero attached hydrogens (tertiary/aromatic N) is 3. The topological polar surface area (TPSA) is 83.8 Å². The van der Waals surface area contributed by atoms with Crippen molar-refractivity contribution in [3.05, 3.63) is 69.3 Å². The highest BCUT2D eigenvalue weighted by atomic mass is 32.2. The van der Waals surface area contributed by atoms with E-state index in [0.717, 1.165) is 12.6 Å². The summed E-state index contributed by atoms with van der Waals surface area (Å²) < 4.78 is 27.4. The van der Waals surface area contributed by atoms with Gasteiger partial charge in [0.05, 0.1) is 9.82 Å². The molecule has 0 spiro atoms. The molecular weight excluding hydrogens is 366 g/mol. The Morgan fingerprint density at radius 2 is 1.67 bits per heavy atom. The number of aryl methyl sites for hydroxylation is 2. The molecular formula is C19H23N3O4S. The number of nitro groups is 1. The van der Waals surface area contributed by atoms with Gasteiger partial charge in [0.1, 0.15) is 0 Å². The molecule has 2 aromatic carbocycles. The van der Waals surface area contributed by atoms with Crippen molar-refractivity contribution in [1.82, 2.24) is 9.21 Å². The first-order chi connectivity index (χ1) is 12.8. The number of nitro benzene ring substituents is 1. The molecule has 8 heteroatoms. The van der Waals surface area contributed by atoms with Gasteiger partial charge in [0.15, 0.2) is 0 Å². The lowest BCUT2D eigenvalue weighted by molar-refractivity contribution is -0.385. The van der Waals surface area contributed by atoms with Gasteiger partial charge in [-0.2, -0.15) is 4.31 Å². The summed E-state index contributed by atoms with van der Waals surface area (Å²) in [6, 6.07) is 12.1. The van der Waals surface area contributed by atoms with E-state index in [4.69, 9.17) is 0 Å². The lowest BCUT2D eigenvalue weighted by atomic mass is 10.1. The minimum Gasteiger partial charge on any atom is -0.296 e. The van der Waals surface area contributed by atoms with Crippen molar-refractivity contribution in [1.29, 1.82) is 0 Å². The molecule has 0 unspecified atom stereocenters. The zero-order valence-corrected chi connectivity index (χ0v) is 16.3. The van der Waals surface area contributed by atoms with Crippen molar-refractivity contribution in [3.8, 4) is 0 Å². The highest BCUT2D eigenvalue weighted by Gasteiger charge is 2.30. The third kappa shape index (κ3) is 4.18. The van der Waals surface area contributed by atoms with Crippen LogP contribution in [0.1, 0.15) is 16.7 Å². The molecule has 0 aliphatic carbocycles. The van der Waals surface area contributed by atoms with Crippen molar-refractivity contribution in [2.75, 3.05) is 26.2 Å². The first-order valence-electron chi connectivity index (χ1n) is 8.81. The lowest BCUT2D eigenvalue weighted by Crippen LogP contribution is -2.48. The van der Waals surface area contributed by atoms with Crippen LogP contribution in [-0.4, -0.2) is 48.7 Å². The maximum Gasteiger partial charge on any atom is 0.270 e. The van der Waals surface area contributed by atoms with E-state index in [2.05, 4.69) is 24.0 Å². The molecule has 1 saturated heterocycles. The summed E-state index contributed by atoms with van der Waals surface area (Å²) in [5.41, 5.74) is 2.77. The van der Waals surface area contributed by atoms with E-state index in [1.165, 1.54) is 27.6 Å². The predicted molar refractivity (Wildman–Crippen MR) is 103 cm³/mol. The van der Waals surface area contributed by atoms with E-state index in [-0.39, 0.29) is 10.6 Å². The monoisotopic (exact) mass is 389 g/mol. The molecule has 1 fully saturated rings. The van der Waals surface area contributed by atoms with E-state index >= 15 is 0 Å². The van der Waals surface area contributed by atoms with Crippen LogP contribution in [0.5, 0.6) is 0 Å². The van der Waals surface area contributed by atoms with Gasteiger partial charge >= 0.3 is 0 Å². The van der Waals surface area contributed by atoms with Gasteiger partial charge in [-0.15, -0.1) is 0 Å². The molecule has 0 bridgehead atoms. The zero-order chi connectivity index (χ0) is 19.6. The first-order valence-corrected chi connectivity index (χ1v) is 10.2. The predicted octanol–water partition coefficient (Wildman–Crippen LogP) is 2.72. The molecule has 1 aliphatic rings. The Morgan fingerprint density at radius 3 is 2.30 bits per heavy atom. The minimum absolute atomic E-state index is 0.0176. The Hall–Kier alpha value is -2.29. The summed E-state index contributed by atoms with van der Waals surface area (Å²) in [7, 11) is -3.75. The Labute approximate surface area is 159 Å². The van der Waals surface area contributed by atoms with Crippen LogP contribution in [0.15, 0.2) is 47.4 Å². The molecule has 0 aromatic heterocycles. The van der Waals surface area contributed by atoms with E-state index < -0.39 is 14.9 Å². The van der Waals surface area contributed by atoms with E-state index in [1.807, 2.05) is 12.1 Å². The average Bonchev–Trinajstić information content (AvgIpc) is 2.64. The quantitative estimate of drug-likeness (QED) is 0.580. The molecule has 2 aromatic rings. The highest BCUT2D eigenvalue weighted by Crippen LogP contribution is 2.26. The summed E-state index contributed by atoms with van der Waals surface area (Å²) in [5.74, 6) is 0. The van der Waals surface area contributed by atoms with Gasteiger partial charge in [0.25, 0.3) is 5.69 Å². The molecule has 27 heavy (non-hydrogen) atoms. The molecule has 144 valence electrons. The van der Waals surface area contributed by atoms with Gasteiger partial charge in [0, 0.05) is 44.9 Å². The molecule has 7 nitrogen and oxygen atoms in total. The Kier molecular flexibility index (Phi) is 5.59. The molecule has 3 rings (SSSR count). The van der Waals surface area contributed by atoms with Crippen molar-refractivity contribution < 1.29 is 13.3 Å². The van der Waals surface area contributed by atoms with Crippen LogP contribution in [0, 0.1) is 24.0 Å². The van der Waals surface area contributed by atoms with Gasteiger partial charge in [-0.3, -0.25) is 15.0 Å². The van der Waals surface area contributed by atoms with Crippen LogP contribution in [0.2, 0.25) is 0 Å². The normalized spacial score (nSPS) is 16.4. The summed E-state index contributed by atoms with van der Waals surface area (Å²) in [6.45, 7) is 6.51. The zero-order valence-electron chi connectivity index (χ0n) is 15.5. The van der Waals surface area contributed by atoms with E-state index in [1.54, 1.807) is 6.92 Å². The number of hydrogen-bond acceptors (Lipinski definition) is 5. The largest absolute Gasteiger partial charge is 0.296 e. The molecule has 0 radical (unpaired) electrons. The van der Waals surface area contributed by atoms with Crippen molar-refractivity contribution in [2.45, 2.75) is 25.3 Å². The first kappa shape index (κ1) is 19.5. The number of piperazine rings is 1. The number of non-ortho nitro benzene ring substituents is 1. The molecule has 0 N–H and O–H groups in total. The number of benzene rings is 2. The Balaban J connectivity index is 1.73. The number of rotatable bonds is 5. The second-order valence-electron chi connectivity index (χ2n) is 6.81. The fourth-order valence-corrected chi connectivity index (χ4v) is 4.94. The summed E-state index contributed by atoms with van der Waals surface area (Å²) in [4.78, 5) is 12.7. The molecule has 1 heterocycles. The maximum atomic E-state index is 13.0. The van der Waals surface area contributed by atoms with Gasteiger partial charge in [-0.25, -0.2) is 8.42 Å². The van der Waals surface area contributed by atoms with Crippen LogP contribution in [0.25, 0.3) is 0 Å². The number of sulfonamides is 1. The van der Waals surface area contributed by atoms with Crippen molar-refractivity contribution in [3.63, 3.8) is 0 Å². The molecule has 0 saturated carbocycles. The van der Waals surface area contributed by atoms with Crippen molar-refractivity contribution >= 4 is 15.7 Å². The maximum absolute atomic E-state index is 13.0. The fraction of sp³-hybridized carbons (Fsp3) is 0.368. The van der Waals surface area contributed by atoms with Crippen LogP contribution in [-0.2, 0) is 16.6 Å². The van der Waals surface area contributed by atoms with E-state index in [0.29, 0.717) is 31.7 Å². The summed E-state index contributed by atoms with van der Waals surface area (Å²) >= 11 is 0. The number of hydrogen-bond donors (Lipinski definition) is 0. The van der Waals surface area contributed by atoms with Gasteiger partial charge in [-0.05, 0) is 30.5 Å². The fourth-order valence-electron chi connectivity index (χ4n) is 3.28. The molecule has 0 amide bonds. The second kappa shape index (κ2) is 7.75. The van der Waals surface area contributed by atoms with Gasteiger partial charge in [0.2, 0.25) is 10.0 Å². The third-order valence-electron chi connectivity index (χ3n) is 4.99. The van der Waals surface area contributed by atoms with Crippen LogP contribution in [0.4, 0.5) is 5.69 Å². The average molecular weight is 389 g/mol. The van der Waals surface area contributed by atoms with Crippen LogP contribution >= 0.6 is 0 Å². The van der Waals surface area contributed by atoms with Crippen molar-refractivity contribution in [2.24, 2.45) is 0 Å². The highest BCUT2D eigenvalue weighted by molar-refractivity contribution is 7.89. The standard InChI is InChI=1S/C19H23N3O4S/c1-15-5-3-4-6-17(15)14-20-9-11-21(12-10-20)27(25,26)19-13-18(22(23)24)8-7-16(19)2/h3-8,13H,9-12,14H2,1-2H3. The Morgan fingerprint density at radius 1 is 1.00 bits per heavy atom. The SMILES string of the molecule is Cc1ccccc1CN1CCN(S(=O)(=O)c2cc([N+](=O)[O-])ccc2C)CC1. The summed E-state index contributed by atoms with van der Waals surface area (Å²) in [5, 5.41) is 11.0. The lowest BCUT2D eigenvalue weighted by Gasteiger charge is -2.34. The van der Waals surface area contributed by atoms with E-state index in [9.17, 15) is 18.5 Å². The Bertz CT molecular complexity index is 951. The van der Waals surface area contributed by atoms with Gasteiger partial charge < -0.3 is 0 Å².